The number of phenolic OH excluding ortho intramolecular Hbond substituents is 7. The van der Waals surface area contributed by atoms with Crippen LogP contribution >= 0.6 is 0 Å². The van der Waals surface area contributed by atoms with Gasteiger partial charge in [-0.3, -0.25) is 9.59 Å². The molecule has 0 unspecified atom stereocenters. The average molecular weight is 709 g/mol. The Hall–Kier alpha value is -6.14. The molecule has 0 radical (unpaired) electrons. The van der Waals surface area contributed by atoms with Crippen molar-refractivity contribution >= 4 is 11.6 Å². The van der Waals surface area contributed by atoms with Gasteiger partial charge in [0, 0.05) is 59.6 Å². The Morgan fingerprint density at radius 1 is 0.827 bits per heavy atom. The molecule has 0 spiro atoms. The number of ketones is 2. The number of Topliss-reactive ketones (excluding diaryl/α,β-unsaturated/α-hetero) is 2. The number of aliphatic hydroxyl groups is 1. The summed E-state index contributed by atoms with van der Waals surface area (Å²) in [5.74, 6) is -11.1. The van der Waals surface area contributed by atoms with Crippen molar-refractivity contribution in [3.8, 4) is 51.7 Å². The maximum absolute atomic E-state index is 14.6. The fourth-order valence-electron chi connectivity index (χ4n) is 7.85. The zero-order valence-electron chi connectivity index (χ0n) is 28.3. The summed E-state index contributed by atoms with van der Waals surface area (Å²) >= 11 is 0. The van der Waals surface area contributed by atoms with E-state index in [2.05, 4.69) is 0 Å². The van der Waals surface area contributed by atoms with Gasteiger partial charge < -0.3 is 50.3 Å². The molecule has 12 nitrogen and oxygen atoms in total. The van der Waals surface area contributed by atoms with Crippen LogP contribution in [0, 0.1) is 5.92 Å². The molecule has 7 rings (SSSR count). The van der Waals surface area contributed by atoms with Crippen molar-refractivity contribution in [3.63, 3.8) is 0 Å². The summed E-state index contributed by atoms with van der Waals surface area (Å²) < 4.78 is 12.3. The Balaban J connectivity index is 1.43. The van der Waals surface area contributed by atoms with Crippen molar-refractivity contribution in [1.82, 2.24) is 0 Å². The quantitative estimate of drug-likeness (QED) is 0.0824. The van der Waals surface area contributed by atoms with Crippen LogP contribution in [0.3, 0.4) is 0 Å². The second-order valence-electron chi connectivity index (χ2n) is 13.9. The van der Waals surface area contributed by atoms with Crippen molar-refractivity contribution < 1.29 is 59.9 Å². The molecule has 3 aliphatic rings. The first-order valence-corrected chi connectivity index (χ1v) is 16.5. The van der Waals surface area contributed by atoms with Gasteiger partial charge in [0.25, 0.3) is 0 Å². The lowest BCUT2D eigenvalue weighted by atomic mass is 9.65. The zero-order valence-corrected chi connectivity index (χ0v) is 28.3. The van der Waals surface area contributed by atoms with E-state index in [1.807, 2.05) is 13.8 Å². The van der Waals surface area contributed by atoms with Gasteiger partial charge in [-0.05, 0) is 63.1 Å². The smallest absolute Gasteiger partial charge is 0.318 e. The summed E-state index contributed by atoms with van der Waals surface area (Å²) in [6, 6.07) is 12.5. The van der Waals surface area contributed by atoms with Crippen LogP contribution in [0.5, 0.6) is 51.7 Å². The van der Waals surface area contributed by atoms with Crippen LogP contribution in [0.25, 0.3) is 0 Å². The van der Waals surface area contributed by atoms with Crippen LogP contribution in [0.4, 0.5) is 0 Å². The molecule has 0 bridgehead atoms. The number of hydrogen-bond donors (Lipinski definition) is 8. The summed E-state index contributed by atoms with van der Waals surface area (Å²) in [7, 11) is 0. The third-order valence-electron chi connectivity index (χ3n) is 10.2. The first-order valence-electron chi connectivity index (χ1n) is 16.5. The molecule has 0 amide bonds. The molecular formula is C40H36O12. The molecule has 0 fully saturated rings. The third-order valence-corrected chi connectivity index (χ3v) is 10.2. The van der Waals surface area contributed by atoms with Gasteiger partial charge in [0.05, 0.1) is 5.56 Å². The number of hydrogen-bond acceptors (Lipinski definition) is 12. The number of benzene rings is 4. The van der Waals surface area contributed by atoms with Crippen molar-refractivity contribution in [1.29, 1.82) is 0 Å². The van der Waals surface area contributed by atoms with Gasteiger partial charge in [-0.1, -0.05) is 29.4 Å². The lowest BCUT2D eigenvalue weighted by Crippen LogP contribution is -2.62. The lowest BCUT2D eigenvalue weighted by molar-refractivity contribution is -0.201. The van der Waals surface area contributed by atoms with E-state index < -0.39 is 63.5 Å². The van der Waals surface area contributed by atoms with E-state index in [1.165, 1.54) is 42.5 Å². The van der Waals surface area contributed by atoms with Crippen LogP contribution in [0.15, 0.2) is 84.0 Å². The molecular weight excluding hydrogens is 672 g/mol. The van der Waals surface area contributed by atoms with Crippen LogP contribution in [0.1, 0.15) is 82.9 Å². The van der Waals surface area contributed by atoms with Gasteiger partial charge in [0.15, 0.2) is 5.78 Å². The van der Waals surface area contributed by atoms with Gasteiger partial charge in [-0.25, -0.2) is 0 Å². The van der Waals surface area contributed by atoms with Crippen LogP contribution in [0.2, 0.25) is 0 Å². The van der Waals surface area contributed by atoms with Crippen LogP contribution in [-0.2, 0) is 5.60 Å². The average Bonchev–Trinajstić information content (AvgIpc) is 3.30. The third kappa shape index (κ3) is 5.09. The Morgan fingerprint density at radius 2 is 1.48 bits per heavy atom. The Kier molecular flexibility index (Phi) is 7.91. The molecule has 0 saturated heterocycles. The molecule has 8 N–H and O–H groups in total. The molecule has 52 heavy (non-hydrogen) atoms. The van der Waals surface area contributed by atoms with E-state index in [1.54, 1.807) is 19.1 Å². The predicted molar refractivity (Wildman–Crippen MR) is 185 cm³/mol. The van der Waals surface area contributed by atoms with Gasteiger partial charge in [0.2, 0.25) is 11.4 Å². The summed E-state index contributed by atoms with van der Waals surface area (Å²) in [5, 5.41) is 87.8. The molecule has 1 aliphatic carbocycles. The first-order chi connectivity index (χ1) is 24.6. The monoisotopic (exact) mass is 708 g/mol. The first kappa shape index (κ1) is 34.3. The van der Waals surface area contributed by atoms with Crippen LogP contribution < -0.4 is 9.47 Å². The molecule has 2 aliphatic heterocycles. The van der Waals surface area contributed by atoms with E-state index in [-0.39, 0.29) is 69.6 Å². The summed E-state index contributed by atoms with van der Waals surface area (Å²) in [4.78, 5) is 29.1. The summed E-state index contributed by atoms with van der Waals surface area (Å²) in [5.41, 5.74) is -0.891. The van der Waals surface area contributed by atoms with E-state index in [9.17, 15) is 50.4 Å². The van der Waals surface area contributed by atoms with E-state index in [4.69, 9.17) is 9.47 Å². The van der Waals surface area contributed by atoms with E-state index in [0.29, 0.717) is 5.57 Å². The number of allylic oxidation sites excluding steroid dienone is 3. The van der Waals surface area contributed by atoms with Crippen LogP contribution in [-0.4, -0.2) is 58.2 Å². The zero-order chi connectivity index (χ0) is 37.4. The van der Waals surface area contributed by atoms with Gasteiger partial charge in [-0.15, -0.1) is 0 Å². The minimum Gasteiger partial charge on any atom is -0.508 e. The Morgan fingerprint density at radius 3 is 2.15 bits per heavy atom. The topological polar surface area (TPSA) is 214 Å². The molecule has 12 heteroatoms. The highest BCUT2D eigenvalue weighted by atomic mass is 16.7. The number of aromatic hydroxyl groups is 7. The molecule has 4 aromatic carbocycles. The fourth-order valence-corrected chi connectivity index (χ4v) is 7.85. The number of rotatable bonds is 6. The minimum absolute atomic E-state index is 0.0310. The lowest BCUT2D eigenvalue weighted by Gasteiger charge is -2.43. The standard InChI is InChI=1S/C40H36O12/c1-18(2)10-11-39-27-9-6-22(43)16-31(27)52-40(39,50)38(49)35-32(51-39)17-30(46)34(37(35)48)26-13-19(3)12-25(23-7-4-20(41)14-28(23)44)33(26)36(47)24-8-5-21(42)15-29(24)45/h4-10,13-17,25-26,33,41-46,48,50H,11-12H2,1-3H3/t25-,26+,33-,39-,40+/m1/s1. The Labute approximate surface area is 297 Å². The number of ether oxygens (including phenoxy) is 2. The normalized spacial score (nSPS) is 24.4. The maximum Gasteiger partial charge on any atom is 0.318 e. The Bertz CT molecular complexity index is 2250. The highest BCUT2D eigenvalue weighted by Gasteiger charge is 2.70. The summed E-state index contributed by atoms with van der Waals surface area (Å²) in [6.45, 7) is 5.37. The number of fused-ring (bicyclic) bond motifs is 4. The fraction of sp³-hybridized carbons (Fsp3) is 0.250. The second-order valence-corrected chi connectivity index (χ2v) is 13.9. The van der Waals surface area contributed by atoms with Gasteiger partial charge in [-0.2, -0.15) is 0 Å². The minimum atomic E-state index is -2.75. The number of phenols is 7. The number of carbonyl (C=O) groups is 2. The molecule has 4 aromatic rings. The molecule has 268 valence electrons. The largest absolute Gasteiger partial charge is 0.508 e. The van der Waals surface area contributed by atoms with Gasteiger partial charge in [0.1, 0.15) is 57.3 Å². The SMILES string of the molecule is CC(C)=CC[C@]12Oc3cc(O)c([C@H]4C=C(C)C[C@H](c5ccc(O)cc5O)[C@H]4C(=O)c4ccc(O)cc4O)c(O)c3C(=O)[C@]1(O)Oc1cc(O)ccc12. The molecule has 0 aromatic heterocycles. The van der Waals surface area contributed by atoms with Crippen molar-refractivity contribution in [3.05, 3.63) is 112 Å². The van der Waals surface area contributed by atoms with Crippen molar-refractivity contribution in [2.24, 2.45) is 5.92 Å². The van der Waals surface area contributed by atoms with Gasteiger partial charge >= 0.3 is 5.79 Å². The molecule has 0 saturated carbocycles. The second kappa shape index (κ2) is 12.0. The van der Waals surface area contributed by atoms with Crippen molar-refractivity contribution in [2.75, 3.05) is 0 Å². The number of carbonyl (C=O) groups excluding carboxylic acids is 2. The van der Waals surface area contributed by atoms with Crippen molar-refractivity contribution in [2.45, 2.75) is 56.8 Å². The highest BCUT2D eigenvalue weighted by molar-refractivity contribution is 6.09. The highest BCUT2D eigenvalue weighted by Crippen LogP contribution is 2.61. The predicted octanol–water partition coefficient (Wildman–Crippen LogP) is 6.25. The summed E-state index contributed by atoms with van der Waals surface area (Å²) in [6.07, 6.45) is 3.48. The van der Waals surface area contributed by atoms with E-state index >= 15 is 0 Å². The molecule has 2 heterocycles. The van der Waals surface area contributed by atoms with E-state index in [0.717, 1.165) is 23.8 Å². The maximum atomic E-state index is 14.6. The molecule has 5 atom stereocenters.